The SMILES string of the molecule is CCc1nncn1CCNC(=NC)NC(C)CCCN(CC)CC.I. The molecule has 1 atom stereocenters. The van der Waals surface area contributed by atoms with Crippen molar-refractivity contribution in [1.29, 1.82) is 0 Å². The third-order valence-electron chi connectivity index (χ3n) is 4.27. The number of nitrogens with one attached hydrogen (secondary N) is 2. The fraction of sp³-hybridized carbons (Fsp3) is 0.824. The number of rotatable bonds is 11. The first kappa shape index (κ1) is 24.1. The highest BCUT2D eigenvalue weighted by molar-refractivity contribution is 14.0. The highest BCUT2D eigenvalue weighted by atomic mass is 127. The molecule has 1 unspecified atom stereocenters. The molecule has 1 rings (SSSR count). The Morgan fingerprint density at radius 1 is 1.32 bits per heavy atom. The minimum atomic E-state index is 0. The summed E-state index contributed by atoms with van der Waals surface area (Å²) in [6, 6.07) is 0.410. The van der Waals surface area contributed by atoms with E-state index in [-0.39, 0.29) is 24.0 Å². The summed E-state index contributed by atoms with van der Waals surface area (Å²) in [5, 5.41) is 14.9. The lowest BCUT2D eigenvalue weighted by molar-refractivity contribution is 0.292. The summed E-state index contributed by atoms with van der Waals surface area (Å²) in [7, 11) is 1.81. The number of hydrogen-bond donors (Lipinski definition) is 2. The van der Waals surface area contributed by atoms with Gasteiger partial charge in [0, 0.05) is 32.6 Å². The molecule has 7 nitrogen and oxygen atoms in total. The molecule has 0 saturated heterocycles. The normalized spacial score (nSPS) is 12.8. The number of nitrogens with zero attached hydrogens (tertiary/aromatic N) is 5. The number of aromatic nitrogens is 3. The van der Waals surface area contributed by atoms with Crippen molar-refractivity contribution in [3.8, 4) is 0 Å². The van der Waals surface area contributed by atoms with Crippen molar-refractivity contribution in [2.24, 2.45) is 4.99 Å². The second-order valence-electron chi connectivity index (χ2n) is 6.01. The topological polar surface area (TPSA) is 70.4 Å². The third-order valence-corrected chi connectivity index (χ3v) is 4.27. The molecule has 146 valence electrons. The lowest BCUT2D eigenvalue weighted by Gasteiger charge is -2.21. The average Bonchev–Trinajstić information content (AvgIpc) is 3.05. The molecule has 2 N–H and O–H groups in total. The first-order chi connectivity index (χ1) is 11.6. The second-order valence-corrected chi connectivity index (χ2v) is 6.01. The van der Waals surface area contributed by atoms with Gasteiger partial charge in [-0.05, 0) is 39.4 Å². The van der Waals surface area contributed by atoms with Crippen LogP contribution in [-0.2, 0) is 13.0 Å². The molecule has 0 aliphatic heterocycles. The fourth-order valence-electron chi connectivity index (χ4n) is 2.70. The molecule has 0 aromatic carbocycles. The van der Waals surface area contributed by atoms with Crippen LogP contribution in [-0.4, -0.2) is 64.9 Å². The standard InChI is InChI=1S/C17H35N7.HI/c1-6-16-22-20-14-24(16)13-11-19-17(18-5)21-15(4)10-9-12-23(7-2)8-3;/h14-15H,6-13H2,1-5H3,(H2,18,19,21);1H. The number of aryl methyl sites for hydroxylation is 1. The quantitative estimate of drug-likeness (QED) is 0.298. The van der Waals surface area contributed by atoms with Gasteiger partial charge in [0.15, 0.2) is 5.96 Å². The lowest BCUT2D eigenvalue weighted by Crippen LogP contribution is -2.43. The second kappa shape index (κ2) is 14.3. The van der Waals surface area contributed by atoms with Crippen LogP contribution in [0.1, 0.15) is 46.4 Å². The molecule has 0 saturated carbocycles. The van der Waals surface area contributed by atoms with Crippen molar-refractivity contribution in [2.75, 3.05) is 33.2 Å². The van der Waals surface area contributed by atoms with E-state index in [0.29, 0.717) is 6.04 Å². The van der Waals surface area contributed by atoms with Crippen LogP contribution in [0.25, 0.3) is 0 Å². The first-order valence-corrected chi connectivity index (χ1v) is 9.20. The molecule has 1 aromatic rings. The smallest absolute Gasteiger partial charge is 0.191 e. The van der Waals surface area contributed by atoms with Crippen LogP contribution in [0.15, 0.2) is 11.3 Å². The molecule has 0 spiro atoms. The molecule has 0 fully saturated rings. The van der Waals surface area contributed by atoms with Crippen LogP contribution in [0.3, 0.4) is 0 Å². The Morgan fingerprint density at radius 2 is 2.04 bits per heavy atom. The molecular formula is C17H36IN7. The zero-order chi connectivity index (χ0) is 17.8. The Labute approximate surface area is 170 Å². The first-order valence-electron chi connectivity index (χ1n) is 9.20. The summed E-state index contributed by atoms with van der Waals surface area (Å²) in [5.41, 5.74) is 0. The predicted molar refractivity (Wildman–Crippen MR) is 116 cm³/mol. The summed E-state index contributed by atoms with van der Waals surface area (Å²) in [6.07, 6.45) is 5.03. The van der Waals surface area contributed by atoms with Crippen LogP contribution in [0.5, 0.6) is 0 Å². The van der Waals surface area contributed by atoms with Crippen molar-refractivity contribution in [3.63, 3.8) is 0 Å². The van der Waals surface area contributed by atoms with E-state index in [9.17, 15) is 0 Å². The third kappa shape index (κ3) is 9.39. The minimum absolute atomic E-state index is 0. The Hall–Kier alpha value is -0.900. The highest BCUT2D eigenvalue weighted by Crippen LogP contribution is 2.00. The van der Waals surface area contributed by atoms with E-state index >= 15 is 0 Å². The molecular weight excluding hydrogens is 429 g/mol. The van der Waals surface area contributed by atoms with Gasteiger partial charge in [-0.15, -0.1) is 34.2 Å². The predicted octanol–water partition coefficient (Wildman–Crippen LogP) is 2.13. The highest BCUT2D eigenvalue weighted by Gasteiger charge is 2.07. The van der Waals surface area contributed by atoms with Crippen molar-refractivity contribution in [1.82, 2.24) is 30.3 Å². The van der Waals surface area contributed by atoms with E-state index in [1.54, 1.807) is 6.33 Å². The number of guanidine groups is 1. The summed E-state index contributed by atoms with van der Waals surface area (Å²) in [5.74, 6) is 1.88. The van der Waals surface area contributed by atoms with Gasteiger partial charge >= 0.3 is 0 Å². The van der Waals surface area contributed by atoms with Crippen LogP contribution < -0.4 is 10.6 Å². The van der Waals surface area contributed by atoms with Gasteiger partial charge in [0.05, 0.1) is 0 Å². The minimum Gasteiger partial charge on any atom is -0.355 e. The molecule has 25 heavy (non-hydrogen) atoms. The molecule has 0 radical (unpaired) electrons. The van der Waals surface area contributed by atoms with Gasteiger partial charge in [0.25, 0.3) is 0 Å². The summed E-state index contributed by atoms with van der Waals surface area (Å²) in [6.45, 7) is 13.8. The molecule has 0 aliphatic carbocycles. The summed E-state index contributed by atoms with van der Waals surface area (Å²) in [4.78, 5) is 6.77. The fourth-order valence-corrected chi connectivity index (χ4v) is 2.70. The molecule has 0 bridgehead atoms. The van der Waals surface area contributed by atoms with Crippen molar-refractivity contribution in [2.45, 2.75) is 59.5 Å². The maximum atomic E-state index is 4.31. The Balaban J connectivity index is 0.00000576. The van der Waals surface area contributed by atoms with Gasteiger partial charge in [-0.25, -0.2) is 0 Å². The van der Waals surface area contributed by atoms with E-state index in [0.717, 1.165) is 50.8 Å². The number of halogens is 1. The maximum Gasteiger partial charge on any atom is 0.191 e. The number of aliphatic imine (C=N–C) groups is 1. The lowest BCUT2D eigenvalue weighted by atomic mass is 10.2. The Morgan fingerprint density at radius 3 is 2.64 bits per heavy atom. The summed E-state index contributed by atoms with van der Waals surface area (Å²) < 4.78 is 2.08. The van der Waals surface area contributed by atoms with Gasteiger partial charge < -0.3 is 20.1 Å². The Kier molecular flexibility index (Phi) is 13.8. The molecule has 0 amide bonds. The van der Waals surface area contributed by atoms with E-state index in [1.807, 2.05) is 7.05 Å². The zero-order valence-electron chi connectivity index (χ0n) is 16.5. The van der Waals surface area contributed by atoms with Gasteiger partial charge in [-0.1, -0.05) is 20.8 Å². The molecule has 0 aliphatic rings. The van der Waals surface area contributed by atoms with Gasteiger partial charge in [-0.3, -0.25) is 4.99 Å². The van der Waals surface area contributed by atoms with Crippen LogP contribution in [0.2, 0.25) is 0 Å². The number of hydrogen-bond acceptors (Lipinski definition) is 4. The van der Waals surface area contributed by atoms with Crippen molar-refractivity contribution >= 4 is 29.9 Å². The largest absolute Gasteiger partial charge is 0.355 e. The van der Waals surface area contributed by atoms with E-state index in [1.165, 1.54) is 13.0 Å². The summed E-state index contributed by atoms with van der Waals surface area (Å²) >= 11 is 0. The van der Waals surface area contributed by atoms with E-state index < -0.39 is 0 Å². The van der Waals surface area contributed by atoms with Crippen LogP contribution in [0, 0.1) is 0 Å². The Bertz CT molecular complexity index is 471. The zero-order valence-corrected chi connectivity index (χ0v) is 18.8. The molecule has 1 aromatic heterocycles. The maximum absolute atomic E-state index is 4.31. The monoisotopic (exact) mass is 465 g/mol. The molecule has 1 heterocycles. The van der Waals surface area contributed by atoms with E-state index in [2.05, 4.69) is 63.0 Å². The van der Waals surface area contributed by atoms with Crippen molar-refractivity contribution < 1.29 is 0 Å². The van der Waals surface area contributed by atoms with E-state index in [4.69, 9.17) is 0 Å². The van der Waals surface area contributed by atoms with Gasteiger partial charge in [0.2, 0.25) is 0 Å². The van der Waals surface area contributed by atoms with Crippen LogP contribution >= 0.6 is 24.0 Å². The van der Waals surface area contributed by atoms with Gasteiger partial charge in [-0.2, -0.15) is 0 Å². The average molecular weight is 465 g/mol. The molecule has 8 heteroatoms. The van der Waals surface area contributed by atoms with Crippen LogP contribution in [0.4, 0.5) is 0 Å². The van der Waals surface area contributed by atoms with Crippen molar-refractivity contribution in [3.05, 3.63) is 12.2 Å². The van der Waals surface area contributed by atoms with Gasteiger partial charge in [0.1, 0.15) is 12.2 Å².